The number of aryl methyl sites for hydroxylation is 1. The second kappa shape index (κ2) is 6.19. The molecule has 0 spiro atoms. The monoisotopic (exact) mass is 264 g/mol. The Labute approximate surface area is 115 Å². The molecule has 2 unspecified atom stereocenters. The molecule has 0 aromatic carbocycles. The summed E-state index contributed by atoms with van der Waals surface area (Å²) in [5, 5.41) is 13.0. The molecule has 1 aromatic rings. The van der Waals surface area contributed by atoms with Crippen LogP contribution in [0.4, 0.5) is 11.8 Å². The molecule has 2 atom stereocenters. The molecule has 2 heterocycles. The van der Waals surface area contributed by atoms with Gasteiger partial charge in [0.15, 0.2) is 0 Å². The molecule has 2 rings (SSSR count). The van der Waals surface area contributed by atoms with Gasteiger partial charge in [-0.3, -0.25) is 0 Å². The largest absolute Gasteiger partial charge is 0.393 e. The van der Waals surface area contributed by atoms with Crippen molar-refractivity contribution in [1.29, 1.82) is 0 Å². The lowest BCUT2D eigenvalue weighted by atomic mass is 9.96. The maximum atomic E-state index is 9.81. The van der Waals surface area contributed by atoms with Crippen molar-refractivity contribution in [3.8, 4) is 0 Å². The minimum atomic E-state index is -0.184. The number of nitrogens with one attached hydrogen (secondary N) is 1. The molecule has 5 nitrogen and oxygen atoms in total. The lowest BCUT2D eigenvalue weighted by Crippen LogP contribution is -2.42. The van der Waals surface area contributed by atoms with Crippen LogP contribution in [-0.4, -0.2) is 40.8 Å². The van der Waals surface area contributed by atoms with E-state index in [1.165, 1.54) is 0 Å². The van der Waals surface area contributed by atoms with Gasteiger partial charge in [0.1, 0.15) is 5.82 Å². The van der Waals surface area contributed by atoms with Gasteiger partial charge in [-0.1, -0.05) is 13.8 Å². The molecule has 0 bridgehead atoms. The molecule has 5 heteroatoms. The number of nitrogens with zero attached hydrogens (tertiary/aromatic N) is 3. The first kappa shape index (κ1) is 14.1. The van der Waals surface area contributed by atoms with E-state index >= 15 is 0 Å². The van der Waals surface area contributed by atoms with E-state index in [2.05, 4.69) is 34.0 Å². The SMILES string of the molecule is CCCNc1ncc(C)c(N2CCC(O)C(C)C2)n1. The van der Waals surface area contributed by atoms with Gasteiger partial charge in [-0.25, -0.2) is 4.98 Å². The molecule has 1 saturated heterocycles. The third-order valence-electron chi connectivity index (χ3n) is 3.64. The first-order chi connectivity index (χ1) is 9.11. The van der Waals surface area contributed by atoms with Gasteiger partial charge in [-0.15, -0.1) is 0 Å². The number of hydrogen-bond acceptors (Lipinski definition) is 5. The summed E-state index contributed by atoms with van der Waals surface area (Å²) >= 11 is 0. The van der Waals surface area contributed by atoms with Crippen molar-refractivity contribution < 1.29 is 5.11 Å². The van der Waals surface area contributed by atoms with E-state index in [-0.39, 0.29) is 12.0 Å². The van der Waals surface area contributed by atoms with Crippen LogP contribution < -0.4 is 10.2 Å². The van der Waals surface area contributed by atoms with E-state index in [1.54, 1.807) is 0 Å². The Hall–Kier alpha value is -1.36. The molecular weight excluding hydrogens is 240 g/mol. The minimum Gasteiger partial charge on any atom is -0.393 e. The zero-order valence-electron chi connectivity index (χ0n) is 12.1. The van der Waals surface area contributed by atoms with Crippen LogP contribution in [0.15, 0.2) is 6.20 Å². The Bertz CT molecular complexity index is 424. The van der Waals surface area contributed by atoms with Gasteiger partial charge in [-0.2, -0.15) is 4.98 Å². The van der Waals surface area contributed by atoms with Crippen LogP contribution in [-0.2, 0) is 0 Å². The Morgan fingerprint density at radius 2 is 2.32 bits per heavy atom. The second-order valence-electron chi connectivity index (χ2n) is 5.41. The standard InChI is InChI=1S/C14H24N4O/c1-4-6-15-14-16-8-10(2)13(17-14)18-7-5-12(19)11(3)9-18/h8,11-12,19H,4-7,9H2,1-3H3,(H,15,16,17). The van der Waals surface area contributed by atoms with Gasteiger partial charge >= 0.3 is 0 Å². The predicted molar refractivity (Wildman–Crippen MR) is 77.6 cm³/mol. The summed E-state index contributed by atoms with van der Waals surface area (Å²) < 4.78 is 0. The smallest absolute Gasteiger partial charge is 0.224 e. The molecular formula is C14H24N4O. The topological polar surface area (TPSA) is 61.3 Å². The fraction of sp³-hybridized carbons (Fsp3) is 0.714. The summed E-state index contributed by atoms with van der Waals surface area (Å²) in [4.78, 5) is 11.2. The van der Waals surface area contributed by atoms with Crippen LogP contribution in [0.25, 0.3) is 0 Å². The molecule has 0 aliphatic carbocycles. The molecule has 1 aromatic heterocycles. The highest BCUT2D eigenvalue weighted by atomic mass is 16.3. The van der Waals surface area contributed by atoms with Gasteiger partial charge in [0, 0.05) is 31.4 Å². The first-order valence-electron chi connectivity index (χ1n) is 7.12. The summed E-state index contributed by atoms with van der Waals surface area (Å²) in [7, 11) is 0. The number of aliphatic hydroxyl groups excluding tert-OH is 1. The molecule has 106 valence electrons. The number of anilines is 2. The third kappa shape index (κ3) is 3.35. The average Bonchev–Trinajstić information content (AvgIpc) is 2.41. The zero-order valence-corrected chi connectivity index (χ0v) is 12.1. The fourth-order valence-corrected chi connectivity index (χ4v) is 2.40. The van der Waals surface area contributed by atoms with E-state index in [0.717, 1.165) is 43.9 Å². The number of piperidine rings is 1. The quantitative estimate of drug-likeness (QED) is 0.868. The highest BCUT2D eigenvalue weighted by Crippen LogP contribution is 2.24. The lowest BCUT2D eigenvalue weighted by Gasteiger charge is -2.35. The van der Waals surface area contributed by atoms with E-state index in [1.807, 2.05) is 13.1 Å². The number of aliphatic hydroxyl groups is 1. The number of hydrogen-bond donors (Lipinski definition) is 2. The lowest BCUT2D eigenvalue weighted by molar-refractivity contribution is 0.0968. The van der Waals surface area contributed by atoms with E-state index in [4.69, 9.17) is 0 Å². The summed E-state index contributed by atoms with van der Waals surface area (Å²) in [6.07, 6.45) is 3.55. The van der Waals surface area contributed by atoms with E-state index in [9.17, 15) is 5.11 Å². The van der Waals surface area contributed by atoms with Crippen LogP contribution in [0.5, 0.6) is 0 Å². The molecule has 19 heavy (non-hydrogen) atoms. The molecule has 2 N–H and O–H groups in total. The molecule has 1 fully saturated rings. The van der Waals surface area contributed by atoms with Crippen molar-refractivity contribution in [2.75, 3.05) is 29.9 Å². The predicted octanol–water partition coefficient (Wildman–Crippen LogP) is 1.81. The van der Waals surface area contributed by atoms with Crippen LogP contribution in [0, 0.1) is 12.8 Å². The van der Waals surface area contributed by atoms with Gasteiger partial charge in [0.05, 0.1) is 6.10 Å². The Kier molecular flexibility index (Phi) is 4.58. The van der Waals surface area contributed by atoms with Gasteiger partial charge in [-0.05, 0) is 25.7 Å². The van der Waals surface area contributed by atoms with Gasteiger partial charge in [0.2, 0.25) is 5.95 Å². The van der Waals surface area contributed by atoms with Crippen molar-refractivity contribution in [3.63, 3.8) is 0 Å². The molecule has 1 aliphatic heterocycles. The highest BCUT2D eigenvalue weighted by molar-refractivity contribution is 5.49. The van der Waals surface area contributed by atoms with Crippen LogP contribution in [0.1, 0.15) is 32.3 Å². The van der Waals surface area contributed by atoms with Gasteiger partial charge in [0.25, 0.3) is 0 Å². The van der Waals surface area contributed by atoms with Gasteiger partial charge < -0.3 is 15.3 Å². The van der Waals surface area contributed by atoms with Crippen molar-refractivity contribution >= 4 is 11.8 Å². The van der Waals surface area contributed by atoms with Crippen molar-refractivity contribution in [2.24, 2.45) is 5.92 Å². The number of aromatic nitrogens is 2. The first-order valence-corrected chi connectivity index (χ1v) is 7.12. The molecule has 1 aliphatic rings. The molecule has 0 saturated carbocycles. The number of rotatable bonds is 4. The van der Waals surface area contributed by atoms with Crippen LogP contribution >= 0.6 is 0 Å². The summed E-state index contributed by atoms with van der Waals surface area (Å²) in [5.41, 5.74) is 1.09. The second-order valence-corrected chi connectivity index (χ2v) is 5.41. The maximum absolute atomic E-state index is 9.81. The van der Waals surface area contributed by atoms with Crippen molar-refractivity contribution in [1.82, 2.24) is 9.97 Å². The van der Waals surface area contributed by atoms with Crippen molar-refractivity contribution in [2.45, 2.75) is 39.7 Å². The normalized spacial score (nSPS) is 23.5. The minimum absolute atomic E-state index is 0.184. The Morgan fingerprint density at radius 1 is 1.53 bits per heavy atom. The van der Waals surface area contributed by atoms with E-state index in [0.29, 0.717) is 5.95 Å². The average molecular weight is 264 g/mol. The van der Waals surface area contributed by atoms with Crippen LogP contribution in [0.3, 0.4) is 0 Å². The molecule has 0 radical (unpaired) electrons. The van der Waals surface area contributed by atoms with Crippen LogP contribution in [0.2, 0.25) is 0 Å². The Balaban J connectivity index is 2.14. The maximum Gasteiger partial charge on any atom is 0.224 e. The summed E-state index contributed by atoms with van der Waals surface area (Å²) in [6.45, 7) is 8.84. The molecule has 0 amide bonds. The highest BCUT2D eigenvalue weighted by Gasteiger charge is 2.26. The summed E-state index contributed by atoms with van der Waals surface area (Å²) in [5.74, 6) is 1.98. The fourth-order valence-electron chi connectivity index (χ4n) is 2.40. The summed E-state index contributed by atoms with van der Waals surface area (Å²) in [6, 6.07) is 0. The van der Waals surface area contributed by atoms with Crippen molar-refractivity contribution in [3.05, 3.63) is 11.8 Å². The third-order valence-corrected chi connectivity index (χ3v) is 3.64. The zero-order chi connectivity index (χ0) is 13.8. The Morgan fingerprint density at radius 3 is 3.00 bits per heavy atom. The van der Waals surface area contributed by atoms with E-state index < -0.39 is 0 Å².